The van der Waals surface area contributed by atoms with Crippen LogP contribution >= 0.6 is 11.6 Å². The molecule has 0 fully saturated rings. The van der Waals surface area contributed by atoms with E-state index in [-0.39, 0.29) is 11.4 Å². The van der Waals surface area contributed by atoms with Gasteiger partial charge in [0.1, 0.15) is 0 Å². The van der Waals surface area contributed by atoms with Gasteiger partial charge in [-0.1, -0.05) is 11.6 Å². The number of ketones is 1. The second-order valence-electron chi connectivity index (χ2n) is 4.24. The molecule has 1 aromatic heterocycles. The van der Waals surface area contributed by atoms with Crippen LogP contribution in [-0.4, -0.2) is 23.5 Å². The Balaban J connectivity index is 2.64. The number of Topliss-reactive ketones (excluding diaryl/α,β-unsaturated/α-hetero) is 1. The summed E-state index contributed by atoms with van der Waals surface area (Å²) in [5.41, 5.74) is 0.249. The molecule has 0 aliphatic rings. The highest BCUT2D eigenvalue weighted by Crippen LogP contribution is 2.20. The molecule has 0 bridgehead atoms. The first-order valence-corrected chi connectivity index (χ1v) is 5.52. The molecule has 0 radical (unpaired) electrons. The number of aromatic nitrogens is 1. The summed E-state index contributed by atoms with van der Waals surface area (Å²) in [4.78, 5) is 15.7. The molecule has 16 heavy (non-hydrogen) atoms. The third kappa shape index (κ3) is 3.58. The third-order valence-corrected chi connectivity index (χ3v) is 2.88. The van der Waals surface area contributed by atoms with Crippen LogP contribution in [0.5, 0.6) is 0 Å². The summed E-state index contributed by atoms with van der Waals surface area (Å²) >= 11 is 5.89. The summed E-state index contributed by atoms with van der Waals surface area (Å²) in [6.07, 6.45) is 4.14. The molecule has 1 heterocycles. The Bertz CT molecular complexity index is 377. The monoisotopic (exact) mass is 241 g/mol. The summed E-state index contributed by atoms with van der Waals surface area (Å²) in [5, 5.41) is 0.405. The molecule has 0 amide bonds. The van der Waals surface area contributed by atoms with E-state index >= 15 is 0 Å². The number of carbonyl (C=O) groups is 1. The molecule has 1 rings (SSSR count). The highest BCUT2D eigenvalue weighted by molar-refractivity contribution is 6.33. The van der Waals surface area contributed by atoms with Crippen LogP contribution in [0.2, 0.25) is 5.02 Å². The largest absolute Gasteiger partial charge is 0.379 e. The number of hydrogen-bond donors (Lipinski definition) is 0. The maximum atomic E-state index is 11.9. The van der Waals surface area contributed by atoms with E-state index in [1.807, 2.05) is 13.8 Å². The zero-order valence-electron chi connectivity index (χ0n) is 9.79. The van der Waals surface area contributed by atoms with Crippen molar-refractivity contribution >= 4 is 17.4 Å². The quantitative estimate of drug-likeness (QED) is 0.744. The summed E-state index contributed by atoms with van der Waals surface area (Å²) in [7, 11) is 1.64. The molecule has 0 atom stereocenters. The molecular weight excluding hydrogens is 226 g/mol. The lowest BCUT2D eigenvalue weighted by Crippen LogP contribution is -2.23. The molecule has 4 heteroatoms. The van der Waals surface area contributed by atoms with Crippen molar-refractivity contribution in [3.05, 3.63) is 29.0 Å². The maximum Gasteiger partial charge on any atom is 0.164 e. The highest BCUT2D eigenvalue weighted by Gasteiger charge is 2.19. The second-order valence-corrected chi connectivity index (χ2v) is 4.65. The van der Waals surface area contributed by atoms with Crippen LogP contribution in [0.4, 0.5) is 0 Å². The van der Waals surface area contributed by atoms with Gasteiger partial charge >= 0.3 is 0 Å². The Morgan fingerprint density at radius 2 is 2.25 bits per heavy atom. The van der Waals surface area contributed by atoms with Crippen molar-refractivity contribution in [1.82, 2.24) is 4.98 Å². The van der Waals surface area contributed by atoms with Crippen molar-refractivity contribution in [2.45, 2.75) is 32.3 Å². The minimum absolute atomic E-state index is 0.0255. The molecule has 3 nitrogen and oxygen atoms in total. The van der Waals surface area contributed by atoms with Gasteiger partial charge in [-0.2, -0.15) is 0 Å². The molecule has 0 aliphatic heterocycles. The van der Waals surface area contributed by atoms with E-state index in [9.17, 15) is 4.79 Å². The molecular formula is C12H16ClNO2. The summed E-state index contributed by atoms with van der Waals surface area (Å²) in [6.45, 7) is 3.91. The van der Waals surface area contributed by atoms with Gasteiger partial charge in [-0.15, -0.1) is 0 Å². The van der Waals surface area contributed by atoms with E-state index in [0.717, 1.165) is 0 Å². The Morgan fingerprint density at radius 1 is 1.56 bits per heavy atom. The Kier molecular flexibility index (Phi) is 4.44. The summed E-state index contributed by atoms with van der Waals surface area (Å²) in [6, 6.07) is 1.64. The fourth-order valence-corrected chi connectivity index (χ4v) is 1.48. The number of hydrogen-bond acceptors (Lipinski definition) is 3. The normalized spacial score (nSPS) is 11.5. The Labute approximate surface area is 101 Å². The smallest absolute Gasteiger partial charge is 0.164 e. The van der Waals surface area contributed by atoms with Crippen molar-refractivity contribution in [2.75, 3.05) is 7.11 Å². The molecule has 88 valence electrons. The average molecular weight is 242 g/mol. The van der Waals surface area contributed by atoms with E-state index in [4.69, 9.17) is 16.3 Å². The van der Waals surface area contributed by atoms with Gasteiger partial charge in [0, 0.05) is 31.5 Å². The lowest BCUT2D eigenvalue weighted by Gasteiger charge is -2.22. The lowest BCUT2D eigenvalue weighted by molar-refractivity contribution is 0.0141. The van der Waals surface area contributed by atoms with E-state index in [1.165, 1.54) is 6.20 Å². The van der Waals surface area contributed by atoms with Gasteiger partial charge in [0.25, 0.3) is 0 Å². The zero-order valence-corrected chi connectivity index (χ0v) is 10.5. The standard InChI is InChI=1S/C12H16ClNO2/c1-12(2,16-3)6-4-11(15)9-5-7-14-8-10(9)13/h5,7-8H,4,6H2,1-3H3. The number of halogens is 1. The van der Waals surface area contributed by atoms with E-state index in [0.29, 0.717) is 23.4 Å². The van der Waals surface area contributed by atoms with Gasteiger partial charge in [0.15, 0.2) is 5.78 Å². The van der Waals surface area contributed by atoms with Crippen LogP contribution < -0.4 is 0 Å². The molecule has 0 N–H and O–H groups in total. The van der Waals surface area contributed by atoms with Gasteiger partial charge < -0.3 is 4.74 Å². The number of carbonyl (C=O) groups excluding carboxylic acids is 1. The first-order chi connectivity index (χ1) is 7.46. The SMILES string of the molecule is COC(C)(C)CCC(=O)c1ccncc1Cl. The van der Waals surface area contributed by atoms with Crippen molar-refractivity contribution < 1.29 is 9.53 Å². The van der Waals surface area contributed by atoms with E-state index in [2.05, 4.69) is 4.98 Å². The number of ether oxygens (including phenoxy) is 1. The van der Waals surface area contributed by atoms with Crippen LogP contribution in [0.3, 0.4) is 0 Å². The number of methoxy groups -OCH3 is 1. The van der Waals surface area contributed by atoms with Crippen molar-refractivity contribution in [1.29, 1.82) is 0 Å². The molecule has 0 unspecified atom stereocenters. The van der Waals surface area contributed by atoms with Crippen LogP contribution in [0, 0.1) is 0 Å². The van der Waals surface area contributed by atoms with Gasteiger partial charge in [-0.05, 0) is 26.3 Å². The number of pyridine rings is 1. The average Bonchev–Trinajstić information content (AvgIpc) is 2.27. The van der Waals surface area contributed by atoms with Crippen molar-refractivity contribution in [3.63, 3.8) is 0 Å². The third-order valence-electron chi connectivity index (χ3n) is 2.58. The fraction of sp³-hybridized carbons (Fsp3) is 0.500. The zero-order chi connectivity index (χ0) is 12.2. The topological polar surface area (TPSA) is 39.2 Å². The minimum Gasteiger partial charge on any atom is -0.379 e. The molecule has 0 saturated carbocycles. The van der Waals surface area contributed by atoms with Crippen molar-refractivity contribution in [3.8, 4) is 0 Å². The molecule has 0 aliphatic carbocycles. The lowest BCUT2D eigenvalue weighted by atomic mass is 9.98. The van der Waals surface area contributed by atoms with Gasteiger partial charge in [0.2, 0.25) is 0 Å². The van der Waals surface area contributed by atoms with Gasteiger partial charge in [0.05, 0.1) is 10.6 Å². The molecule has 0 spiro atoms. The van der Waals surface area contributed by atoms with Crippen LogP contribution in [0.25, 0.3) is 0 Å². The van der Waals surface area contributed by atoms with E-state index < -0.39 is 0 Å². The molecule has 0 aromatic carbocycles. The second kappa shape index (κ2) is 5.41. The van der Waals surface area contributed by atoms with Crippen LogP contribution in [0.1, 0.15) is 37.0 Å². The first-order valence-electron chi connectivity index (χ1n) is 5.14. The highest BCUT2D eigenvalue weighted by atomic mass is 35.5. The minimum atomic E-state index is -0.283. The predicted octanol–water partition coefficient (Wildman–Crippen LogP) is 3.12. The molecule has 0 saturated heterocycles. The number of nitrogens with zero attached hydrogens (tertiary/aromatic N) is 1. The van der Waals surface area contributed by atoms with Crippen LogP contribution in [-0.2, 0) is 4.74 Å². The van der Waals surface area contributed by atoms with E-state index in [1.54, 1.807) is 19.4 Å². The predicted molar refractivity (Wildman–Crippen MR) is 63.9 cm³/mol. The first kappa shape index (κ1) is 13.1. The fourth-order valence-electron chi connectivity index (χ4n) is 1.25. The number of rotatable bonds is 5. The molecule has 1 aromatic rings. The Morgan fingerprint density at radius 3 is 2.81 bits per heavy atom. The Hall–Kier alpha value is -0.930. The summed E-state index contributed by atoms with van der Waals surface area (Å²) in [5.74, 6) is 0.0255. The van der Waals surface area contributed by atoms with Gasteiger partial charge in [-0.3, -0.25) is 9.78 Å². The van der Waals surface area contributed by atoms with Crippen molar-refractivity contribution in [2.24, 2.45) is 0 Å². The van der Waals surface area contributed by atoms with Gasteiger partial charge in [-0.25, -0.2) is 0 Å². The summed E-state index contributed by atoms with van der Waals surface area (Å²) < 4.78 is 5.26. The maximum absolute atomic E-state index is 11.9. The van der Waals surface area contributed by atoms with Crippen LogP contribution in [0.15, 0.2) is 18.5 Å².